The van der Waals surface area contributed by atoms with E-state index in [1.54, 1.807) is 6.92 Å². The zero-order valence-corrected chi connectivity index (χ0v) is 53.4. The molecule has 2 saturated heterocycles. The van der Waals surface area contributed by atoms with E-state index < -0.39 is 29.7 Å². The molecule has 1 spiro atoms. The number of Topliss-reactive ketones (excluding diaryl/α,β-unsaturated/α-hetero) is 4. The molecule has 19 nitrogen and oxygen atoms in total. The fourth-order valence-electron chi connectivity index (χ4n) is 7.20. The Kier molecular flexibility index (Phi) is 51.2. The summed E-state index contributed by atoms with van der Waals surface area (Å²) >= 11 is 0. The van der Waals surface area contributed by atoms with Crippen molar-refractivity contribution in [3.8, 4) is 0 Å². The molecule has 0 aromatic heterocycles. The summed E-state index contributed by atoms with van der Waals surface area (Å²) in [5, 5.41) is 21.3. The van der Waals surface area contributed by atoms with Crippen LogP contribution in [0, 0.1) is 37.0 Å². The summed E-state index contributed by atoms with van der Waals surface area (Å²) in [6, 6.07) is -0.905. The third kappa shape index (κ3) is 39.1. The van der Waals surface area contributed by atoms with Crippen LogP contribution in [-0.2, 0) is 125 Å². The normalized spacial score (nSPS) is 18.4. The third-order valence-corrected chi connectivity index (χ3v) is 11.3. The van der Waals surface area contributed by atoms with Gasteiger partial charge in [-0.05, 0) is 111 Å². The maximum Gasteiger partial charge on any atom is 1.00 e. The topological polar surface area (TPSA) is 286 Å². The molecule has 0 bridgehead atoms. The van der Waals surface area contributed by atoms with Crippen molar-refractivity contribution in [3.63, 3.8) is 0 Å². The van der Waals surface area contributed by atoms with Gasteiger partial charge in [0.25, 0.3) is 0 Å². The molecule has 2 rings (SSSR count). The molecule has 2 aliphatic heterocycles. The van der Waals surface area contributed by atoms with Crippen LogP contribution in [0.25, 0.3) is 5.73 Å². The molecular weight excluding hydrogens is 1430 g/mol. The number of ether oxygens (including phenoxy) is 4. The molecule has 4 amide bonds. The number of carboxylic acid groups (broad SMARTS) is 1. The van der Waals surface area contributed by atoms with Crippen molar-refractivity contribution in [2.75, 3.05) is 53.1 Å². The number of ketones is 4. The minimum atomic E-state index is -1.17. The summed E-state index contributed by atoms with van der Waals surface area (Å²) in [6.45, 7) is 18.8. The molecule has 0 aromatic rings. The van der Waals surface area contributed by atoms with Crippen LogP contribution in [0.2, 0.25) is 0 Å². The molecular formula is C47H79N5NaO14W3-3. The molecule has 0 radical (unpaired) electrons. The number of rotatable bonds is 31. The Bertz CT molecular complexity index is 1500. The van der Waals surface area contributed by atoms with Crippen LogP contribution >= 0.6 is 0 Å². The van der Waals surface area contributed by atoms with Gasteiger partial charge in [-0.2, -0.15) is 0 Å². The molecule has 70 heavy (non-hydrogen) atoms. The standard InChI is InChI=1S/C21H36N3O7.C15H25NO5.C11H20NO2.Na.3W/c1-15(25)10-17(24-16(2)26)20(27)23-9-5-7-19-30-13-21(14-31-19)11-28-18(29-12-21)6-4-8-22-3;1-3-11(6-9-15(20)21)13(18)7-4-12(10(2)17)5-8-14(16)19;1-4-11(9(2)13)7-5-6-8-12-10(3)14;;;;/h17-19,22H,2,4-14H2,1,3H3,(H,23,27)(H,24,26);11-12H,3-9H2,1-2H3,(H3,16,19,20,21);11H,3-8H2,1-2H3,(H,12,14);;;;/q-1;;-1;+1;;;/p-2/t;11-,12-;11-;;;;/m.00..../s1. The van der Waals surface area contributed by atoms with Crippen molar-refractivity contribution >= 4 is 52.7 Å². The first-order valence-electron chi connectivity index (χ1n) is 23.3. The first-order chi connectivity index (χ1) is 31.2. The monoisotopic (exact) mass is 1510 g/mol. The smallest absolute Gasteiger partial charge is 0.668 e. The summed E-state index contributed by atoms with van der Waals surface area (Å²) in [7, 11) is 1.92. The van der Waals surface area contributed by atoms with Gasteiger partial charge in [-0.25, -0.2) is 0 Å². The number of hydrogen-bond acceptors (Lipinski definition) is 15. The fraction of sp³-hybridized carbons (Fsp3) is 0.766. The zero-order valence-electron chi connectivity index (χ0n) is 42.6. The number of nitrogens with one attached hydrogen (secondary N) is 5. The van der Waals surface area contributed by atoms with Gasteiger partial charge in [-0.15, -0.1) is 0 Å². The van der Waals surface area contributed by atoms with Crippen molar-refractivity contribution in [2.45, 2.75) is 156 Å². The van der Waals surface area contributed by atoms with Crippen molar-refractivity contribution in [3.05, 3.63) is 19.6 Å². The van der Waals surface area contributed by atoms with Crippen LogP contribution < -0.4 is 55.9 Å². The van der Waals surface area contributed by atoms with E-state index >= 15 is 0 Å². The Hall–Kier alpha value is -1.37. The van der Waals surface area contributed by atoms with E-state index in [2.05, 4.69) is 35.1 Å². The molecule has 1 unspecified atom stereocenters. The second-order valence-corrected chi connectivity index (χ2v) is 17.2. The van der Waals surface area contributed by atoms with Gasteiger partial charge in [-0.1, -0.05) is 20.3 Å². The summed E-state index contributed by atoms with van der Waals surface area (Å²) in [5.74, 6) is -3.69. The maximum atomic E-state index is 12.2. The van der Waals surface area contributed by atoms with E-state index in [0.717, 1.165) is 45.1 Å². The van der Waals surface area contributed by atoms with Gasteiger partial charge < -0.3 is 84.1 Å². The number of carbonyl (C=O) groups is 9. The Labute approximate surface area is 481 Å². The van der Waals surface area contributed by atoms with Crippen LogP contribution in [0.15, 0.2) is 0 Å². The quantitative estimate of drug-likeness (QED) is 0.0407. The van der Waals surface area contributed by atoms with Gasteiger partial charge in [0.2, 0.25) is 5.91 Å². The van der Waals surface area contributed by atoms with Crippen LogP contribution in [0.1, 0.15) is 137 Å². The second kappa shape index (κ2) is 46.2. The SMILES string of the molecule is CC[C@@H](CCC(=O)[O-])C(=O)CC[C@@H](CCC([NH-])=O)C(C)=O.[CH2-]C(=O)NC(CC(C)=O)C(=O)NCCCC1OCC2(COC(CCCNC)OC2)CO1.[CH2-]C(=O)NCCCC[C@H](CC)C(C)=O.[Na+].[W].[W].[W]. The minimum absolute atomic E-state index is 0. The first kappa shape index (κ1) is 77.5. The Morgan fingerprint density at radius 2 is 1.11 bits per heavy atom. The van der Waals surface area contributed by atoms with Gasteiger partial charge in [0.15, 0.2) is 12.6 Å². The van der Waals surface area contributed by atoms with Crippen LogP contribution in [-0.4, -0.2) is 124 Å². The average Bonchev–Trinajstić information content (AvgIpc) is 3.24. The zero-order chi connectivity index (χ0) is 50.1. The molecule has 0 aromatic carbocycles. The summed E-state index contributed by atoms with van der Waals surface area (Å²) in [4.78, 5) is 101. The summed E-state index contributed by atoms with van der Waals surface area (Å²) in [6.07, 6.45) is 7.80. The number of aliphatic carboxylic acids is 1. The minimum Gasteiger partial charge on any atom is -0.668 e. The molecule has 2 heterocycles. The van der Waals surface area contributed by atoms with Gasteiger partial charge >= 0.3 is 29.6 Å². The van der Waals surface area contributed by atoms with Crippen molar-refractivity contribution in [1.29, 1.82) is 0 Å². The Morgan fingerprint density at radius 3 is 1.53 bits per heavy atom. The Morgan fingerprint density at radius 1 is 0.643 bits per heavy atom. The average molecular weight is 1510 g/mol. The van der Waals surface area contributed by atoms with Crippen molar-refractivity contribution < 1.29 is 160 Å². The molecule has 5 N–H and O–H groups in total. The largest absolute Gasteiger partial charge is 1.00 e. The van der Waals surface area contributed by atoms with E-state index in [1.165, 1.54) is 13.8 Å². The number of hydrogen-bond donors (Lipinski definition) is 4. The van der Waals surface area contributed by atoms with Crippen LogP contribution in [0.4, 0.5) is 0 Å². The first-order valence-corrected chi connectivity index (χ1v) is 23.3. The number of carbonyl (C=O) groups excluding carboxylic acids is 9. The number of unbranched alkanes of at least 4 members (excludes halogenated alkanes) is 1. The van der Waals surface area contributed by atoms with Crippen LogP contribution in [0.5, 0.6) is 0 Å². The molecule has 398 valence electrons. The van der Waals surface area contributed by atoms with E-state index in [4.69, 9.17) is 24.7 Å². The maximum absolute atomic E-state index is 12.2. The molecule has 23 heteroatoms. The van der Waals surface area contributed by atoms with E-state index in [1.807, 2.05) is 20.9 Å². The van der Waals surface area contributed by atoms with Gasteiger partial charge in [-0.3, -0.25) is 24.0 Å². The third-order valence-electron chi connectivity index (χ3n) is 11.3. The number of amides is 4. The van der Waals surface area contributed by atoms with Crippen LogP contribution in [0.3, 0.4) is 0 Å². The van der Waals surface area contributed by atoms with E-state index in [-0.39, 0.29) is 190 Å². The molecule has 0 aliphatic carbocycles. The van der Waals surface area contributed by atoms with Gasteiger partial charge in [0.05, 0.1) is 43.7 Å². The predicted molar refractivity (Wildman–Crippen MR) is 243 cm³/mol. The molecule has 2 aliphatic rings. The number of carboxylic acids is 1. The summed E-state index contributed by atoms with van der Waals surface area (Å²) in [5.41, 5.74) is 6.58. The molecule has 2 fully saturated rings. The second-order valence-electron chi connectivity index (χ2n) is 17.2. The molecule has 4 atom stereocenters. The molecule has 0 saturated carbocycles. The fourth-order valence-corrected chi connectivity index (χ4v) is 7.20. The Balaban J connectivity index is -0.000000317. The van der Waals surface area contributed by atoms with E-state index in [9.17, 15) is 48.3 Å². The predicted octanol–water partition coefficient (Wildman–Crippen LogP) is 0.0875. The van der Waals surface area contributed by atoms with Gasteiger partial charge in [0, 0.05) is 125 Å². The van der Waals surface area contributed by atoms with Crippen molar-refractivity contribution in [2.24, 2.45) is 23.2 Å². The van der Waals surface area contributed by atoms with Crippen molar-refractivity contribution in [1.82, 2.24) is 21.3 Å². The summed E-state index contributed by atoms with van der Waals surface area (Å²) < 4.78 is 23.4. The van der Waals surface area contributed by atoms with E-state index in [0.29, 0.717) is 71.6 Å². The van der Waals surface area contributed by atoms with Gasteiger partial charge in [0.1, 0.15) is 29.2 Å².